The molecule has 0 aliphatic carbocycles. The number of alkyl halides is 2. The molecule has 3 aromatic heterocycles. The summed E-state index contributed by atoms with van der Waals surface area (Å²) >= 11 is 0. The second-order valence-electron chi connectivity index (χ2n) is 7.98. The number of ether oxygens (including phenoxy) is 1. The highest BCUT2D eigenvalue weighted by Gasteiger charge is 2.29. The summed E-state index contributed by atoms with van der Waals surface area (Å²) in [5.74, 6) is -3.57. The van der Waals surface area contributed by atoms with Crippen molar-refractivity contribution >= 4 is 23.2 Å². The van der Waals surface area contributed by atoms with E-state index in [4.69, 9.17) is 9.72 Å². The van der Waals surface area contributed by atoms with Gasteiger partial charge in [0.25, 0.3) is 0 Å². The van der Waals surface area contributed by atoms with Crippen LogP contribution in [-0.4, -0.2) is 32.4 Å². The van der Waals surface area contributed by atoms with E-state index >= 15 is 0 Å². The fourth-order valence-electron chi connectivity index (χ4n) is 3.57. The van der Waals surface area contributed by atoms with Crippen LogP contribution >= 0.6 is 0 Å². The van der Waals surface area contributed by atoms with E-state index in [2.05, 4.69) is 25.6 Å². The van der Waals surface area contributed by atoms with E-state index in [9.17, 15) is 13.6 Å². The van der Waals surface area contributed by atoms with Crippen LogP contribution in [0.2, 0.25) is 0 Å². The lowest BCUT2D eigenvalue weighted by molar-refractivity contribution is -0.114. The van der Waals surface area contributed by atoms with Crippen molar-refractivity contribution in [2.45, 2.75) is 45.6 Å². The fourth-order valence-corrected chi connectivity index (χ4v) is 3.57. The summed E-state index contributed by atoms with van der Waals surface area (Å²) in [5, 5.41) is 5.71. The maximum atomic E-state index is 13.9. The van der Waals surface area contributed by atoms with Crippen LogP contribution in [0.1, 0.15) is 50.0 Å². The van der Waals surface area contributed by atoms with Gasteiger partial charge in [-0.2, -0.15) is 8.78 Å². The molecular formula is C23H24F2N6O2. The molecule has 3 aromatic rings. The number of carbonyl (C=O) groups excluding carboxylic acids is 1. The minimum absolute atomic E-state index is 0.0631. The highest BCUT2D eigenvalue weighted by atomic mass is 19.3. The Balaban J connectivity index is 1.76. The summed E-state index contributed by atoms with van der Waals surface area (Å²) in [6.07, 6.45) is 3.38. The molecule has 10 heteroatoms. The van der Waals surface area contributed by atoms with Gasteiger partial charge in [0, 0.05) is 50.0 Å². The first kappa shape index (κ1) is 22.7. The number of hydrogen-bond acceptors (Lipinski definition) is 7. The summed E-state index contributed by atoms with van der Waals surface area (Å²) in [7, 11) is 0. The molecule has 1 aliphatic heterocycles. The van der Waals surface area contributed by atoms with Crippen LogP contribution < -0.4 is 10.6 Å². The number of hydrogen-bond donors (Lipinski definition) is 2. The molecule has 2 N–H and O–H groups in total. The van der Waals surface area contributed by atoms with E-state index < -0.39 is 11.7 Å². The molecule has 0 bridgehead atoms. The number of rotatable bonds is 6. The van der Waals surface area contributed by atoms with E-state index in [-0.39, 0.29) is 17.8 Å². The SMILES string of the molecule is CC(=O)Nc1cc(Nc2cc(C)nc(C(C)(F)F)n2)c(-c2cccc(C3CCCO3)n2)cn1. The average molecular weight is 454 g/mol. The molecular weight excluding hydrogens is 430 g/mol. The molecule has 0 saturated carbocycles. The van der Waals surface area contributed by atoms with Gasteiger partial charge in [-0.05, 0) is 31.9 Å². The van der Waals surface area contributed by atoms with Crippen molar-refractivity contribution in [3.63, 3.8) is 0 Å². The molecule has 1 atom stereocenters. The number of amides is 1. The Labute approximate surface area is 189 Å². The van der Waals surface area contributed by atoms with Crippen LogP contribution in [0.15, 0.2) is 36.5 Å². The first-order valence-corrected chi connectivity index (χ1v) is 10.6. The highest BCUT2D eigenvalue weighted by Crippen LogP contribution is 2.34. The predicted molar refractivity (Wildman–Crippen MR) is 119 cm³/mol. The average Bonchev–Trinajstić information content (AvgIpc) is 3.28. The Morgan fingerprint density at radius 1 is 1.18 bits per heavy atom. The van der Waals surface area contributed by atoms with Crippen molar-refractivity contribution in [1.29, 1.82) is 0 Å². The predicted octanol–water partition coefficient (Wildman–Crippen LogP) is 4.91. The van der Waals surface area contributed by atoms with Crippen LogP contribution in [0, 0.1) is 6.92 Å². The maximum Gasteiger partial charge on any atom is 0.303 e. The molecule has 1 aliphatic rings. The second kappa shape index (κ2) is 9.14. The smallest absolute Gasteiger partial charge is 0.303 e. The quantitative estimate of drug-likeness (QED) is 0.546. The lowest BCUT2D eigenvalue weighted by atomic mass is 10.1. The van der Waals surface area contributed by atoms with Gasteiger partial charge >= 0.3 is 5.92 Å². The van der Waals surface area contributed by atoms with Gasteiger partial charge in [0.2, 0.25) is 11.7 Å². The van der Waals surface area contributed by atoms with Gasteiger partial charge in [0.05, 0.1) is 23.2 Å². The molecule has 0 aromatic carbocycles. The normalized spacial score (nSPS) is 16.0. The minimum atomic E-state index is -3.19. The molecule has 0 spiro atoms. The summed E-state index contributed by atoms with van der Waals surface area (Å²) in [4.78, 5) is 28.4. The number of carbonyl (C=O) groups is 1. The number of aryl methyl sites for hydroxylation is 1. The lowest BCUT2D eigenvalue weighted by Gasteiger charge is -2.16. The molecule has 1 amide bonds. The maximum absolute atomic E-state index is 13.9. The number of aromatic nitrogens is 4. The molecule has 4 heterocycles. The van der Waals surface area contributed by atoms with Gasteiger partial charge in [-0.15, -0.1) is 0 Å². The summed E-state index contributed by atoms with van der Waals surface area (Å²) in [6.45, 7) is 4.44. The Bertz CT molecular complexity index is 1180. The molecule has 172 valence electrons. The minimum Gasteiger partial charge on any atom is -0.372 e. The van der Waals surface area contributed by atoms with E-state index in [1.165, 1.54) is 6.92 Å². The zero-order chi connectivity index (χ0) is 23.6. The number of nitrogens with one attached hydrogen (secondary N) is 2. The van der Waals surface area contributed by atoms with Crippen LogP contribution in [0.5, 0.6) is 0 Å². The summed E-state index contributed by atoms with van der Waals surface area (Å²) < 4.78 is 33.5. The van der Waals surface area contributed by atoms with Crippen LogP contribution in [-0.2, 0) is 15.5 Å². The van der Waals surface area contributed by atoms with Gasteiger partial charge < -0.3 is 15.4 Å². The van der Waals surface area contributed by atoms with Crippen molar-refractivity contribution in [1.82, 2.24) is 19.9 Å². The zero-order valence-electron chi connectivity index (χ0n) is 18.5. The number of anilines is 3. The number of nitrogens with zero attached hydrogens (tertiary/aromatic N) is 4. The third-order valence-corrected chi connectivity index (χ3v) is 5.02. The van der Waals surface area contributed by atoms with Gasteiger partial charge in [-0.25, -0.2) is 19.9 Å². The lowest BCUT2D eigenvalue weighted by Crippen LogP contribution is -2.14. The second-order valence-corrected chi connectivity index (χ2v) is 7.98. The van der Waals surface area contributed by atoms with Gasteiger partial charge in [-0.3, -0.25) is 4.79 Å². The Morgan fingerprint density at radius 3 is 2.70 bits per heavy atom. The van der Waals surface area contributed by atoms with Gasteiger partial charge in [0.15, 0.2) is 0 Å². The van der Waals surface area contributed by atoms with Gasteiger partial charge in [-0.1, -0.05) is 6.07 Å². The van der Waals surface area contributed by atoms with E-state index in [0.29, 0.717) is 35.1 Å². The Hall–Kier alpha value is -3.53. The fraction of sp³-hybridized carbons (Fsp3) is 0.348. The Kier molecular flexibility index (Phi) is 6.28. The van der Waals surface area contributed by atoms with Crippen LogP contribution in [0.4, 0.5) is 26.1 Å². The third kappa shape index (κ3) is 5.46. The van der Waals surface area contributed by atoms with Crippen molar-refractivity contribution in [3.05, 3.63) is 53.7 Å². The first-order valence-electron chi connectivity index (χ1n) is 10.6. The first-order chi connectivity index (χ1) is 15.7. The van der Waals surface area contributed by atoms with Gasteiger partial charge in [0.1, 0.15) is 11.6 Å². The highest BCUT2D eigenvalue weighted by molar-refractivity contribution is 5.89. The molecule has 8 nitrogen and oxygen atoms in total. The largest absolute Gasteiger partial charge is 0.372 e. The van der Waals surface area contributed by atoms with E-state index in [1.54, 1.807) is 25.3 Å². The van der Waals surface area contributed by atoms with E-state index in [0.717, 1.165) is 25.5 Å². The molecule has 0 radical (unpaired) electrons. The summed E-state index contributed by atoms with van der Waals surface area (Å²) in [6, 6.07) is 8.80. The molecule has 33 heavy (non-hydrogen) atoms. The Morgan fingerprint density at radius 2 is 2.00 bits per heavy atom. The van der Waals surface area contributed by atoms with Crippen molar-refractivity contribution in [3.8, 4) is 11.3 Å². The number of halogens is 2. The molecule has 1 unspecified atom stereocenters. The monoisotopic (exact) mass is 454 g/mol. The molecule has 1 fully saturated rings. The number of pyridine rings is 2. The van der Waals surface area contributed by atoms with Crippen molar-refractivity contribution < 1.29 is 18.3 Å². The zero-order valence-corrected chi connectivity index (χ0v) is 18.5. The standard InChI is InChI=1S/C23H24F2N6O2/c1-13-10-21(31-22(27-13)23(3,24)25)30-18-11-20(28-14(2)32)26-12-15(18)16-6-4-7-17(29-16)19-8-5-9-33-19/h4,6-7,10-12,19H,5,8-9H2,1-3H3,(H2,26,27,28,30,31,32). The topological polar surface area (TPSA) is 102 Å². The van der Waals surface area contributed by atoms with Crippen molar-refractivity contribution in [2.75, 3.05) is 17.2 Å². The van der Waals surface area contributed by atoms with E-state index in [1.807, 2.05) is 18.2 Å². The molecule has 1 saturated heterocycles. The van der Waals surface area contributed by atoms with Crippen LogP contribution in [0.25, 0.3) is 11.3 Å². The van der Waals surface area contributed by atoms with Crippen molar-refractivity contribution in [2.24, 2.45) is 0 Å². The molecule has 4 rings (SSSR count). The summed E-state index contributed by atoms with van der Waals surface area (Å²) in [5.41, 5.74) is 2.94. The van der Waals surface area contributed by atoms with Crippen LogP contribution in [0.3, 0.4) is 0 Å². The third-order valence-electron chi connectivity index (χ3n) is 5.02.